The molecular weight excluding hydrogens is 490 g/mol. The van der Waals surface area contributed by atoms with E-state index in [1.807, 2.05) is 12.1 Å². The normalized spacial score (nSPS) is 11.3. The third kappa shape index (κ3) is 18.6. The van der Waals surface area contributed by atoms with Gasteiger partial charge in [0.1, 0.15) is 17.9 Å². The summed E-state index contributed by atoms with van der Waals surface area (Å²) in [4.78, 5) is 26.0. The van der Waals surface area contributed by atoms with Gasteiger partial charge < -0.3 is 14.2 Å². The molecule has 39 heavy (non-hydrogen) atoms. The van der Waals surface area contributed by atoms with E-state index in [1.54, 1.807) is 39.8 Å². The third-order valence-electron chi connectivity index (χ3n) is 6.62. The minimum atomic E-state index is -0.667. The minimum absolute atomic E-state index is 0.206. The smallest absolute Gasteiger partial charge is 0.415 e. The van der Waals surface area contributed by atoms with Crippen molar-refractivity contribution in [2.24, 2.45) is 0 Å². The van der Waals surface area contributed by atoms with Crippen LogP contribution in [0.15, 0.2) is 24.3 Å². The summed E-state index contributed by atoms with van der Waals surface area (Å²) in [6.45, 7) is 10.1. The number of carbonyl (C=O) groups is 2. The van der Waals surface area contributed by atoms with Gasteiger partial charge in [0, 0.05) is 5.69 Å². The zero-order chi connectivity index (χ0) is 28.8. The van der Waals surface area contributed by atoms with Gasteiger partial charge in [-0.3, -0.25) is 9.69 Å². The summed E-state index contributed by atoms with van der Waals surface area (Å²) in [5, 5.41) is 0. The lowest BCUT2D eigenvalue weighted by Gasteiger charge is -2.27. The van der Waals surface area contributed by atoms with Gasteiger partial charge in [-0.25, -0.2) is 4.79 Å². The van der Waals surface area contributed by atoms with Gasteiger partial charge in [-0.15, -0.1) is 0 Å². The molecule has 0 unspecified atom stereocenters. The first-order chi connectivity index (χ1) is 18.8. The molecule has 0 aliphatic heterocycles. The average molecular weight is 548 g/mol. The monoisotopic (exact) mass is 547 g/mol. The molecule has 6 heteroatoms. The van der Waals surface area contributed by atoms with Crippen LogP contribution in [0.3, 0.4) is 0 Å². The Morgan fingerprint density at radius 3 is 1.59 bits per heavy atom. The molecule has 6 nitrogen and oxygen atoms in total. The van der Waals surface area contributed by atoms with Crippen molar-refractivity contribution in [3.8, 4) is 5.75 Å². The molecule has 0 N–H and O–H groups in total. The van der Waals surface area contributed by atoms with Crippen molar-refractivity contribution in [3.63, 3.8) is 0 Å². The number of carbonyl (C=O) groups excluding carboxylic acids is 2. The van der Waals surface area contributed by atoms with Crippen molar-refractivity contribution in [2.45, 2.75) is 143 Å². The Morgan fingerprint density at radius 2 is 1.15 bits per heavy atom. The highest BCUT2D eigenvalue weighted by Gasteiger charge is 2.26. The second kappa shape index (κ2) is 21.6. The lowest BCUT2D eigenvalue weighted by atomic mass is 10.0. The van der Waals surface area contributed by atoms with Gasteiger partial charge >= 0.3 is 12.1 Å². The van der Waals surface area contributed by atoms with Crippen LogP contribution in [0.4, 0.5) is 10.5 Å². The summed E-state index contributed by atoms with van der Waals surface area (Å²) in [5.74, 6) is 0.271. The third-order valence-corrected chi connectivity index (χ3v) is 6.62. The number of amides is 1. The van der Waals surface area contributed by atoms with Gasteiger partial charge in [0.25, 0.3) is 0 Å². The van der Waals surface area contributed by atoms with Gasteiger partial charge in [0.2, 0.25) is 0 Å². The van der Waals surface area contributed by atoms with E-state index in [9.17, 15) is 9.59 Å². The van der Waals surface area contributed by atoms with Crippen molar-refractivity contribution in [3.05, 3.63) is 24.3 Å². The van der Waals surface area contributed by atoms with E-state index >= 15 is 0 Å². The standard InChI is InChI=1S/C33H57NO5/c1-6-8-9-10-11-12-13-14-15-16-17-18-19-20-21-22-27-38-30-25-23-29(24-26-30)34(28-31(35)37-7-2)32(36)39-33(3,4)5/h23-26H,6-22,27-28H2,1-5H3. The first kappa shape index (κ1) is 34.8. The van der Waals surface area contributed by atoms with Crippen LogP contribution in [0.25, 0.3) is 0 Å². The lowest BCUT2D eigenvalue weighted by molar-refractivity contribution is -0.141. The molecule has 1 rings (SSSR count). The number of rotatable bonds is 22. The number of unbranched alkanes of at least 4 members (excludes halogenated alkanes) is 15. The second-order valence-electron chi connectivity index (χ2n) is 11.5. The topological polar surface area (TPSA) is 65.1 Å². The molecule has 0 fully saturated rings. The summed E-state index contributed by atoms with van der Waals surface area (Å²) >= 11 is 0. The molecular formula is C33H57NO5. The molecule has 0 bridgehead atoms. The number of hydrogen-bond donors (Lipinski definition) is 0. The Morgan fingerprint density at radius 1 is 0.692 bits per heavy atom. The fraction of sp³-hybridized carbons (Fsp3) is 0.758. The molecule has 1 aromatic rings. The van der Waals surface area contributed by atoms with E-state index in [0.717, 1.165) is 12.2 Å². The minimum Gasteiger partial charge on any atom is -0.494 e. The summed E-state index contributed by atoms with van der Waals surface area (Å²) in [6, 6.07) is 7.19. The molecule has 0 aliphatic carbocycles. The molecule has 0 aliphatic rings. The molecule has 0 saturated heterocycles. The largest absolute Gasteiger partial charge is 0.494 e. The van der Waals surface area contributed by atoms with Crippen molar-refractivity contribution in [2.75, 3.05) is 24.7 Å². The zero-order valence-electron chi connectivity index (χ0n) is 25.7. The fourth-order valence-electron chi connectivity index (χ4n) is 4.48. The van der Waals surface area contributed by atoms with Crippen LogP contribution in [0.5, 0.6) is 5.75 Å². The van der Waals surface area contributed by atoms with E-state index in [1.165, 1.54) is 101 Å². The van der Waals surface area contributed by atoms with E-state index in [2.05, 4.69) is 6.92 Å². The van der Waals surface area contributed by atoms with E-state index in [-0.39, 0.29) is 13.2 Å². The molecule has 1 aromatic carbocycles. The quantitative estimate of drug-likeness (QED) is 0.107. The van der Waals surface area contributed by atoms with E-state index in [0.29, 0.717) is 12.3 Å². The predicted molar refractivity (Wildman–Crippen MR) is 162 cm³/mol. The molecule has 0 saturated carbocycles. The van der Waals surface area contributed by atoms with Crippen LogP contribution in [-0.4, -0.2) is 37.4 Å². The molecule has 0 spiro atoms. The molecule has 0 aromatic heterocycles. The maximum atomic E-state index is 12.7. The van der Waals surface area contributed by atoms with Crippen molar-refractivity contribution < 1.29 is 23.8 Å². The average Bonchev–Trinajstić information content (AvgIpc) is 2.88. The van der Waals surface area contributed by atoms with Crippen LogP contribution in [-0.2, 0) is 14.3 Å². The first-order valence-corrected chi connectivity index (χ1v) is 15.7. The molecule has 1 amide bonds. The number of hydrogen-bond acceptors (Lipinski definition) is 5. The van der Waals surface area contributed by atoms with Gasteiger partial charge in [-0.2, -0.15) is 0 Å². The Bertz CT molecular complexity index is 756. The highest BCUT2D eigenvalue weighted by atomic mass is 16.6. The lowest BCUT2D eigenvalue weighted by Crippen LogP contribution is -2.40. The van der Waals surface area contributed by atoms with Crippen molar-refractivity contribution in [1.82, 2.24) is 0 Å². The fourth-order valence-corrected chi connectivity index (χ4v) is 4.48. The highest BCUT2D eigenvalue weighted by molar-refractivity contribution is 5.93. The van der Waals surface area contributed by atoms with Gasteiger partial charge in [-0.05, 0) is 58.4 Å². The van der Waals surface area contributed by atoms with E-state index < -0.39 is 17.7 Å². The van der Waals surface area contributed by atoms with Gasteiger partial charge in [0.05, 0.1) is 13.2 Å². The molecule has 0 atom stereocenters. The van der Waals surface area contributed by atoms with Crippen molar-refractivity contribution in [1.29, 1.82) is 0 Å². The second-order valence-corrected chi connectivity index (χ2v) is 11.5. The van der Waals surface area contributed by atoms with Gasteiger partial charge in [-0.1, -0.05) is 103 Å². The highest BCUT2D eigenvalue weighted by Crippen LogP contribution is 2.22. The summed E-state index contributed by atoms with van der Waals surface area (Å²) in [6.07, 6.45) is 21.0. The zero-order valence-corrected chi connectivity index (χ0v) is 25.7. The van der Waals surface area contributed by atoms with Crippen LogP contribution in [0.2, 0.25) is 0 Å². The Hall–Kier alpha value is -2.24. The SMILES string of the molecule is CCCCCCCCCCCCCCCCCCOc1ccc(N(CC(=O)OCC)C(=O)OC(C)(C)C)cc1. The van der Waals surface area contributed by atoms with Crippen LogP contribution in [0, 0.1) is 0 Å². The van der Waals surface area contributed by atoms with Gasteiger partial charge in [0.15, 0.2) is 0 Å². The number of anilines is 1. The van der Waals surface area contributed by atoms with E-state index in [4.69, 9.17) is 14.2 Å². The number of nitrogens with zero attached hydrogens (tertiary/aromatic N) is 1. The van der Waals surface area contributed by atoms with Crippen LogP contribution < -0.4 is 9.64 Å². The molecule has 0 heterocycles. The van der Waals surface area contributed by atoms with Crippen molar-refractivity contribution >= 4 is 17.7 Å². The number of ether oxygens (including phenoxy) is 3. The Balaban J connectivity index is 2.19. The molecule has 224 valence electrons. The summed E-state index contributed by atoms with van der Waals surface area (Å²) in [7, 11) is 0. The maximum absolute atomic E-state index is 12.7. The summed E-state index contributed by atoms with van der Waals surface area (Å²) < 4.78 is 16.4. The first-order valence-electron chi connectivity index (χ1n) is 15.7. The summed E-state index contributed by atoms with van der Waals surface area (Å²) in [5.41, 5.74) is -0.105. The predicted octanol–water partition coefficient (Wildman–Crippen LogP) is 9.63. The van der Waals surface area contributed by atoms with Crippen LogP contribution >= 0.6 is 0 Å². The Labute approximate surface area is 239 Å². The molecule has 0 radical (unpaired) electrons. The number of esters is 1. The number of benzene rings is 1. The Kier molecular flexibility index (Phi) is 19.2. The van der Waals surface area contributed by atoms with Crippen LogP contribution in [0.1, 0.15) is 137 Å². The maximum Gasteiger partial charge on any atom is 0.415 e.